The highest BCUT2D eigenvalue weighted by atomic mass is 16.5. The number of imide groups is 1. The second-order valence-electron chi connectivity index (χ2n) is 7.49. The van der Waals surface area contributed by atoms with Gasteiger partial charge >= 0.3 is 5.97 Å². The average molecular weight is 466 g/mol. The Morgan fingerprint density at radius 1 is 0.971 bits per heavy atom. The molecule has 1 fully saturated rings. The number of likely N-dealkylation sites (tertiary alicyclic amines) is 1. The number of rotatable bonds is 7. The van der Waals surface area contributed by atoms with Crippen molar-refractivity contribution in [3.8, 4) is 23.0 Å². The Balaban J connectivity index is 1.83. The van der Waals surface area contributed by atoms with Gasteiger partial charge in [0, 0.05) is 30.7 Å². The van der Waals surface area contributed by atoms with Gasteiger partial charge in [0.15, 0.2) is 11.5 Å². The fourth-order valence-electron chi connectivity index (χ4n) is 3.66. The maximum absolute atomic E-state index is 13.1. The number of carbonyl (C=O) groups excluding carboxylic acids is 3. The zero-order chi connectivity index (χ0) is 24.7. The van der Waals surface area contributed by atoms with Crippen LogP contribution in [0.4, 0.5) is 0 Å². The largest absolute Gasteiger partial charge is 0.493 e. The molecule has 0 aliphatic carbocycles. The molecule has 1 aliphatic heterocycles. The molecule has 34 heavy (non-hydrogen) atoms. The summed E-state index contributed by atoms with van der Waals surface area (Å²) in [6.07, 6.45) is 5.75. The van der Waals surface area contributed by atoms with E-state index in [9.17, 15) is 14.4 Å². The Morgan fingerprint density at radius 3 is 2.26 bits per heavy atom. The van der Waals surface area contributed by atoms with E-state index in [0.717, 1.165) is 0 Å². The molecular weight excluding hydrogens is 438 g/mol. The maximum atomic E-state index is 13.1. The number of nitrogens with zero attached hydrogens (tertiary/aromatic N) is 1. The summed E-state index contributed by atoms with van der Waals surface area (Å²) in [6.45, 7) is 1.63. The lowest BCUT2D eigenvalue weighted by atomic mass is 10.00. The Morgan fingerprint density at radius 2 is 1.65 bits per heavy atom. The van der Waals surface area contributed by atoms with Crippen molar-refractivity contribution in [1.82, 2.24) is 4.90 Å². The van der Waals surface area contributed by atoms with Crippen LogP contribution in [0, 0.1) is 0 Å². The first-order valence-electron chi connectivity index (χ1n) is 10.7. The second-order valence-corrected chi connectivity index (χ2v) is 7.49. The maximum Gasteiger partial charge on any atom is 0.308 e. The van der Waals surface area contributed by atoms with E-state index in [-0.39, 0.29) is 5.91 Å². The summed E-state index contributed by atoms with van der Waals surface area (Å²) in [5.74, 6) is 0.477. The highest BCUT2D eigenvalue weighted by Gasteiger charge is 2.27. The molecule has 0 saturated carbocycles. The third kappa shape index (κ3) is 5.64. The van der Waals surface area contributed by atoms with Crippen molar-refractivity contribution in [2.45, 2.75) is 19.8 Å². The van der Waals surface area contributed by atoms with Gasteiger partial charge in [0.05, 0.1) is 21.3 Å². The van der Waals surface area contributed by atoms with Crippen LogP contribution in [0.3, 0.4) is 0 Å². The lowest BCUT2D eigenvalue weighted by molar-refractivity contribution is -0.140. The summed E-state index contributed by atoms with van der Waals surface area (Å²) >= 11 is 0. The number of piperidine rings is 1. The molecule has 2 aromatic carbocycles. The number of amides is 2. The molecule has 2 aromatic rings. The number of hydrogen-bond acceptors (Lipinski definition) is 7. The molecule has 1 saturated heterocycles. The van der Waals surface area contributed by atoms with Gasteiger partial charge in [-0.2, -0.15) is 0 Å². The molecule has 1 heterocycles. The monoisotopic (exact) mass is 465 g/mol. The molecule has 2 amide bonds. The minimum absolute atomic E-state index is 0.320. The fraction of sp³-hybridized carbons (Fsp3) is 0.269. The number of esters is 1. The molecule has 3 rings (SSSR count). The number of methoxy groups -OCH3 is 3. The summed E-state index contributed by atoms with van der Waals surface area (Å²) in [7, 11) is 4.56. The predicted molar refractivity (Wildman–Crippen MR) is 127 cm³/mol. The average Bonchev–Trinajstić information content (AvgIpc) is 2.83. The molecule has 0 aromatic heterocycles. The van der Waals surface area contributed by atoms with Crippen molar-refractivity contribution >= 4 is 29.9 Å². The minimum atomic E-state index is -0.458. The molecule has 0 radical (unpaired) electrons. The summed E-state index contributed by atoms with van der Waals surface area (Å²) in [4.78, 5) is 38.4. The number of ether oxygens (including phenoxy) is 4. The number of para-hydroxylation sites is 1. The fourth-order valence-corrected chi connectivity index (χ4v) is 3.66. The smallest absolute Gasteiger partial charge is 0.308 e. The van der Waals surface area contributed by atoms with Crippen LogP contribution in [0.25, 0.3) is 12.2 Å². The van der Waals surface area contributed by atoms with E-state index < -0.39 is 11.9 Å². The third-order valence-electron chi connectivity index (χ3n) is 5.22. The molecular formula is C26H27NO7. The summed E-state index contributed by atoms with van der Waals surface area (Å²) < 4.78 is 21.3. The van der Waals surface area contributed by atoms with E-state index in [4.69, 9.17) is 18.9 Å². The van der Waals surface area contributed by atoms with Crippen LogP contribution in [0.1, 0.15) is 30.9 Å². The molecule has 0 N–H and O–H groups in total. The van der Waals surface area contributed by atoms with Gasteiger partial charge in [-0.15, -0.1) is 0 Å². The first kappa shape index (κ1) is 24.6. The van der Waals surface area contributed by atoms with Crippen molar-refractivity contribution < 1.29 is 33.3 Å². The minimum Gasteiger partial charge on any atom is -0.493 e. The van der Waals surface area contributed by atoms with Crippen molar-refractivity contribution in [2.75, 3.05) is 27.9 Å². The van der Waals surface area contributed by atoms with Crippen LogP contribution in [-0.2, 0) is 14.4 Å². The van der Waals surface area contributed by atoms with Crippen LogP contribution in [0.15, 0.2) is 48.0 Å². The van der Waals surface area contributed by atoms with Gasteiger partial charge in [0.1, 0.15) is 5.75 Å². The van der Waals surface area contributed by atoms with E-state index in [1.54, 1.807) is 42.5 Å². The van der Waals surface area contributed by atoms with Crippen LogP contribution in [0.5, 0.6) is 23.0 Å². The van der Waals surface area contributed by atoms with E-state index in [0.29, 0.717) is 59.1 Å². The van der Waals surface area contributed by atoms with Crippen molar-refractivity contribution in [1.29, 1.82) is 0 Å². The number of hydrogen-bond donors (Lipinski definition) is 0. The van der Waals surface area contributed by atoms with E-state index in [2.05, 4.69) is 0 Å². The number of carbonyl (C=O) groups is 3. The normalized spacial score (nSPS) is 14.9. The summed E-state index contributed by atoms with van der Waals surface area (Å²) in [6, 6.07) is 10.3. The Kier molecular flexibility index (Phi) is 8.08. The predicted octanol–water partition coefficient (Wildman–Crippen LogP) is 3.88. The molecule has 178 valence electrons. The quantitative estimate of drug-likeness (QED) is 0.348. The SMILES string of the molecule is COc1cc(/C=C2\CCCN(C(=O)/C=C/c3ccccc3OC(C)=O)C2=O)cc(OC)c1OC. The Hall–Kier alpha value is -4.07. The first-order chi connectivity index (χ1) is 16.4. The van der Waals surface area contributed by atoms with Gasteiger partial charge in [0.25, 0.3) is 11.8 Å². The lowest BCUT2D eigenvalue weighted by Gasteiger charge is -2.26. The van der Waals surface area contributed by atoms with Crippen LogP contribution < -0.4 is 18.9 Å². The molecule has 0 bridgehead atoms. The van der Waals surface area contributed by atoms with Gasteiger partial charge in [-0.05, 0) is 48.8 Å². The van der Waals surface area contributed by atoms with Gasteiger partial charge in [-0.25, -0.2) is 0 Å². The van der Waals surface area contributed by atoms with Gasteiger partial charge < -0.3 is 18.9 Å². The lowest BCUT2D eigenvalue weighted by Crippen LogP contribution is -2.40. The number of benzene rings is 2. The zero-order valence-electron chi connectivity index (χ0n) is 19.6. The van der Waals surface area contributed by atoms with Gasteiger partial charge in [-0.1, -0.05) is 18.2 Å². The standard InChI is InChI=1S/C26H27NO7/c1-17(28)34-21-10-6-5-8-19(21)11-12-24(29)27-13-7-9-20(26(27)30)14-18-15-22(31-2)25(33-4)23(16-18)32-3/h5-6,8,10-12,14-16H,7,9,13H2,1-4H3/b12-11+,20-14+. The summed E-state index contributed by atoms with van der Waals surface area (Å²) in [5, 5.41) is 0. The highest BCUT2D eigenvalue weighted by molar-refractivity contribution is 6.11. The Bertz CT molecular complexity index is 1120. The molecule has 0 atom stereocenters. The van der Waals surface area contributed by atoms with Crippen LogP contribution >= 0.6 is 0 Å². The van der Waals surface area contributed by atoms with E-state index in [1.807, 2.05) is 0 Å². The molecule has 0 spiro atoms. The van der Waals surface area contributed by atoms with Crippen molar-refractivity contribution in [2.24, 2.45) is 0 Å². The third-order valence-corrected chi connectivity index (χ3v) is 5.22. The molecule has 8 nitrogen and oxygen atoms in total. The first-order valence-corrected chi connectivity index (χ1v) is 10.7. The van der Waals surface area contributed by atoms with Gasteiger partial charge in [0.2, 0.25) is 5.75 Å². The van der Waals surface area contributed by atoms with Crippen LogP contribution in [-0.4, -0.2) is 50.6 Å². The Labute approximate surface area is 198 Å². The van der Waals surface area contributed by atoms with Crippen molar-refractivity contribution in [3.05, 3.63) is 59.2 Å². The van der Waals surface area contributed by atoms with Gasteiger partial charge in [-0.3, -0.25) is 19.3 Å². The van der Waals surface area contributed by atoms with Crippen molar-refractivity contribution in [3.63, 3.8) is 0 Å². The highest BCUT2D eigenvalue weighted by Crippen LogP contribution is 2.39. The van der Waals surface area contributed by atoms with E-state index >= 15 is 0 Å². The van der Waals surface area contributed by atoms with Crippen LogP contribution in [0.2, 0.25) is 0 Å². The summed E-state index contributed by atoms with van der Waals surface area (Å²) in [5.41, 5.74) is 1.75. The zero-order valence-corrected chi connectivity index (χ0v) is 19.6. The second kappa shape index (κ2) is 11.2. The topological polar surface area (TPSA) is 91.4 Å². The molecule has 0 unspecified atom stereocenters. The molecule has 1 aliphatic rings. The molecule has 8 heteroatoms. The van der Waals surface area contributed by atoms with E-state index in [1.165, 1.54) is 45.3 Å².